The van der Waals surface area contributed by atoms with Crippen molar-refractivity contribution in [3.05, 3.63) is 29.4 Å². The number of fused-ring (bicyclic) bond motifs is 1. The Bertz CT molecular complexity index is 1730. The molecule has 16 heteroatoms. The number of likely N-dealkylation sites (tertiary alicyclic amines) is 1. The molecular weight excluding hydrogens is 678 g/mol. The molecule has 14 nitrogen and oxygen atoms in total. The third-order valence-electron chi connectivity index (χ3n) is 8.10. The highest BCUT2D eigenvalue weighted by Crippen LogP contribution is 2.35. The lowest BCUT2D eigenvalue weighted by molar-refractivity contribution is -0.143. The summed E-state index contributed by atoms with van der Waals surface area (Å²) in [6.45, 7) is 13.0. The van der Waals surface area contributed by atoms with Gasteiger partial charge in [-0.25, -0.2) is 18.2 Å². The molecule has 2 fully saturated rings. The summed E-state index contributed by atoms with van der Waals surface area (Å²) in [7, 11) is -2.37. The van der Waals surface area contributed by atoms with Crippen LogP contribution in [0.2, 0.25) is 5.02 Å². The molecule has 3 atom stereocenters. The maximum Gasteiger partial charge on any atom is 0.408 e. The fourth-order valence-electron chi connectivity index (χ4n) is 5.36. The van der Waals surface area contributed by atoms with E-state index in [2.05, 4.69) is 20.3 Å². The zero-order valence-corrected chi connectivity index (χ0v) is 30.9. The van der Waals surface area contributed by atoms with Gasteiger partial charge in [0, 0.05) is 22.2 Å². The maximum absolute atomic E-state index is 14.3. The van der Waals surface area contributed by atoms with Crippen molar-refractivity contribution in [3.8, 4) is 11.6 Å². The summed E-state index contributed by atoms with van der Waals surface area (Å²) in [6, 6.07) is 2.82. The van der Waals surface area contributed by atoms with Crippen LogP contribution in [0.25, 0.3) is 10.8 Å². The van der Waals surface area contributed by atoms with Gasteiger partial charge >= 0.3 is 6.09 Å². The standard InChI is InChI=1S/C33H46ClN5O9S/c1-31(2,3)25(36-30(43)48-32(4,5)6)28(41)39-17-19(47-27-22-14-18(34)10-13-21(22)24(46-9)16-35-27)15-23(39)26(40)37-33(7,8)29(42)38-49(44,45)20-11-12-20/h10,13-14,16,19-20,23,25H,11-12,15,17H2,1-9H3,(H,36,43)(H,37,40)(H,38,42)/t19-,23+,25-/m1/s1. The molecule has 2 heterocycles. The lowest BCUT2D eigenvalue weighted by atomic mass is 9.85. The van der Waals surface area contributed by atoms with Gasteiger partial charge in [-0.1, -0.05) is 32.4 Å². The zero-order chi connectivity index (χ0) is 36.7. The number of sulfonamides is 1. The molecule has 4 amide bonds. The van der Waals surface area contributed by atoms with E-state index in [1.165, 1.54) is 32.1 Å². The van der Waals surface area contributed by atoms with Crippen molar-refractivity contribution in [3.63, 3.8) is 0 Å². The molecule has 3 N–H and O–H groups in total. The van der Waals surface area contributed by atoms with E-state index in [-0.39, 0.29) is 18.8 Å². The minimum Gasteiger partial charge on any atom is -0.494 e. The molecule has 0 bridgehead atoms. The van der Waals surface area contributed by atoms with Crippen molar-refractivity contribution < 1.29 is 41.8 Å². The second kappa shape index (κ2) is 13.8. The van der Waals surface area contributed by atoms with Gasteiger partial charge in [0.2, 0.25) is 27.7 Å². The van der Waals surface area contributed by atoms with E-state index in [1.54, 1.807) is 59.7 Å². The number of benzene rings is 1. The number of halogens is 1. The highest BCUT2D eigenvalue weighted by Gasteiger charge is 2.48. The smallest absolute Gasteiger partial charge is 0.408 e. The second-order valence-electron chi connectivity index (χ2n) is 15.0. The van der Waals surface area contributed by atoms with Crippen molar-refractivity contribution >= 4 is 56.2 Å². The van der Waals surface area contributed by atoms with Gasteiger partial charge in [0.05, 0.1) is 25.1 Å². The number of hydrogen-bond acceptors (Lipinski definition) is 10. The van der Waals surface area contributed by atoms with Crippen molar-refractivity contribution in [2.45, 2.75) is 109 Å². The van der Waals surface area contributed by atoms with Gasteiger partial charge in [-0.15, -0.1) is 0 Å². The molecule has 1 aromatic heterocycles. The first-order valence-electron chi connectivity index (χ1n) is 16.0. The summed E-state index contributed by atoms with van der Waals surface area (Å²) in [5.41, 5.74) is -3.33. The number of nitrogens with zero attached hydrogens (tertiary/aromatic N) is 2. The molecule has 1 aliphatic heterocycles. The number of ether oxygens (including phenoxy) is 3. The SMILES string of the molecule is COc1cnc(O[C@@H]2C[C@@H](C(=O)NC(C)(C)C(=O)NS(=O)(=O)C3CC3)N(C(=O)[C@@H](NC(=O)OC(C)(C)C)C(C)(C)C)C2)c2cc(Cl)ccc12. The predicted molar refractivity (Wildman–Crippen MR) is 183 cm³/mol. The van der Waals surface area contributed by atoms with Crippen LogP contribution in [0.3, 0.4) is 0 Å². The van der Waals surface area contributed by atoms with Crippen LogP contribution in [0.1, 0.15) is 74.7 Å². The van der Waals surface area contributed by atoms with Crippen LogP contribution in [-0.2, 0) is 29.1 Å². The molecule has 4 rings (SSSR count). The first kappa shape index (κ1) is 38.0. The van der Waals surface area contributed by atoms with Gasteiger partial charge in [0.25, 0.3) is 5.91 Å². The summed E-state index contributed by atoms with van der Waals surface area (Å²) in [6.07, 6.45) is 0.797. The molecule has 49 heavy (non-hydrogen) atoms. The van der Waals surface area contributed by atoms with Crippen molar-refractivity contribution in [1.82, 2.24) is 25.2 Å². The predicted octanol–water partition coefficient (Wildman–Crippen LogP) is 3.69. The minimum atomic E-state index is -3.88. The molecule has 0 radical (unpaired) electrons. The number of nitrogens with one attached hydrogen (secondary N) is 3. The van der Waals surface area contributed by atoms with Gasteiger partial charge in [-0.3, -0.25) is 19.1 Å². The number of carbonyl (C=O) groups excluding carboxylic acids is 4. The van der Waals surface area contributed by atoms with Crippen molar-refractivity contribution in [2.24, 2.45) is 5.41 Å². The van der Waals surface area contributed by atoms with Gasteiger partial charge in [0.15, 0.2) is 0 Å². The first-order valence-corrected chi connectivity index (χ1v) is 17.9. The van der Waals surface area contributed by atoms with E-state index in [0.29, 0.717) is 34.4 Å². The molecule has 270 valence electrons. The molecule has 0 unspecified atom stereocenters. The number of rotatable bonds is 10. The van der Waals surface area contributed by atoms with Crippen molar-refractivity contribution in [1.29, 1.82) is 0 Å². The van der Waals surface area contributed by atoms with Gasteiger partial charge in [-0.2, -0.15) is 0 Å². The fourth-order valence-corrected chi connectivity index (χ4v) is 6.97. The van der Waals surface area contributed by atoms with Crippen LogP contribution in [-0.4, -0.2) is 90.3 Å². The quantitative estimate of drug-likeness (QED) is 0.327. The van der Waals surface area contributed by atoms with Crippen molar-refractivity contribution in [2.75, 3.05) is 13.7 Å². The average Bonchev–Trinajstić information content (AvgIpc) is 3.75. The minimum absolute atomic E-state index is 0.0191. The Kier molecular flexibility index (Phi) is 10.7. The van der Waals surface area contributed by atoms with Crippen LogP contribution >= 0.6 is 11.6 Å². The highest BCUT2D eigenvalue weighted by atomic mass is 35.5. The molecule has 1 saturated carbocycles. The van der Waals surface area contributed by atoms with Crippen LogP contribution < -0.4 is 24.8 Å². The molecule has 2 aliphatic rings. The summed E-state index contributed by atoms with van der Waals surface area (Å²) in [4.78, 5) is 59.9. The Labute approximate surface area is 292 Å². The summed E-state index contributed by atoms with van der Waals surface area (Å²) in [5.74, 6) is -1.53. The normalized spacial score (nSPS) is 19.2. The third-order valence-corrected chi connectivity index (χ3v) is 10.2. The van der Waals surface area contributed by atoms with E-state index in [1.807, 2.05) is 0 Å². The molecule has 1 saturated heterocycles. The molecule has 1 aliphatic carbocycles. The van der Waals surface area contributed by atoms with Gasteiger partial charge in [-0.05, 0) is 71.1 Å². The lowest BCUT2D eigenvalue weighted by Crippen LogP contribution is -2.61. The number of carbonyl (C=O) groups is 4. The molecule has 2 aromatic rings. The van der Waals surface area contributed by atoms with Crippen LogP contribution in [0.15, 0.2) is 24.4 Å². The average molecular weight is 724 g/mol. The molecular formula is C33H46ClN5O9S. The monoisotopic (exact) mass is 723 g/mol. The van der Waals surface area contributed by atoms with Crippen LogP contribution in [0.4, 0.5) is 4.79 Å². The summed E-state index contributed by atoms with van der Waals surface area (Å²) in [5, 5.41) is 6.31. The number of methoxy groups -OCH3 is 1. The van der Waals surface area contributed by atoms with E-state index in [9.17, 15) is 27.6 Å². The van der Waals surface area contributed by atoms with E-state index in [4.69, 9.17) is 25.8 Å². The van der Waals surface area contributed by atoms with Gasteiger partial charge in [0.1, 0.15) is 35.1 Å². The van der Waals surface area contributed by atoms with Crippen LogP contribution in [0, 0.1) is 5.41 Å². The second-order valence-corrected chi connectivity index (χ2v) is 17.4. The first-order chi connectivity index (χ1) is 22.5. The van der Waals surface area contributed by atoms with E-state index < -0.39 is 73.8 Å². The Morgan fingerprint density at radius 2 is 1.67 bits per heavy atom. The molecule has 0 spiro atoms. The zero-order valence-electron chi connectivity index (χ0n) is 29.3. The molecule has 1 aromatic carbocycles. The van der Waals surface area contributed by atoms with E-state index >= 15 is 0 Å². The number of aromatic nitrogens is 1. The number of pyridine rings is 1. The Morgan fingerprint density at radius 3 is 2.24 bits per heavy atom. The van der Waals surface area contributed by atoms with Crippen LogP contribution in [0.5, 0.6) is 11.6 Å². The lowest BCUT2D eigenvalue weighted by Gasteiger charge is -2.36. The third kappa shape index (κ3) is 9.24. The number of amides is 4. The highest BCUT2D eigenvalue weighted by molar-refractivity contribution is 7.90. The number of hydrogen-bond donors (Lipinski definition) is 3. The summed E-state index contributed by atoms with van der Waals surface area (Å²) < 4.78 is 44.2. The fraction of sp³-hybridized carbons (Fsp3) is 0.606. The Morgan fingerprint density at radius 1 is 1.02 bits per heavy atom. The Hall–Kier alpha value is -3.85. The maximum atomic E-state index is 14.3. The Balaban J connectivity index is 1.65. The van der Waals surface area contributed by atoms with E-state index in [0.717, 1.165) is 0 Å². The van der Waals surface area contributed by atoms with Gasteiger partial charge < -0.3 is 29.7 Å². The topological polar surface area (TPSA) is 182 Å². The number of alkyl carbamates (subject to hydrolysis) is 1. The summed E-state index contributed by atoms with van der Waals surface area (Å²) >= 11 is 6.29. The largest absolute Gasteiger partial charge is 0.494 e.